The van der Waals surface area contributed by atoms with Crippen molar-refractivity contribution in [3.63, 3.8) is 0 Å². The van der Waals surface area contributed by atoms with Gasteiger partial charge < -0.3 is 14.4 Å². The highest BCUT2D eigenvalue weighted by Crippen LogP contribution is 2.39. The van der Waals surface area contributed by atoms with Crippen molar-refractivity contribution in [1.29, 1.82) is 0 Å². The molecule has 8 heteroatoms. The summed E-state index contributed by atoms with van der Waals surface area (Å²) in [4.78, 5) is 14.3. The predicted molar refractivity (Wildman–Crippen MR) is 101 cm³/mol. The van der Waals surface area contributed by atoms with E-state index in [0.717, 1.165) is 31.1 Å². The Hall–Kier alpha value is -1.15. The Kier molecular flexibility index (Phi) is 7.10. The molecule has 2 aliphatic rings. The van der Waals surface area contributed by atoms with E-state index in [4.69, 9.17) is 9.47 Å². The van der Waals surface area contributed by atoms with Crippen LogP contribution < -0.4 is 9.47 Å². The van der Waals surface area contributed by atoms with Crippen molar-refractivity contribution in [1.82, 2.24) is 15.1 Å². The van der Waals surface area contributed by atoms with Gasteiger partial charge in [0.2, 0.25) is 17.7 Å². The van der Waals surface area contributed by atoms with Crippen LogP contribution in [-0.2, 0) is 4.79 Å². The Labute approximate surface area is 156 Å². The maximum Gasteiger partial charge on any atom is 0.233 e. The first kappa shape index (κ1) is 18.6. The molecule has 1 aromatic heterocycles. The summed E-state index contributed by atoms with van der Waals surface area (Å²) in [5.41, 5.74) is 0. The van der Waals surface area contributed by atoms with E-state index in [1.807, 2.05) is 26.5 Å². The molecule has 1 aromatic rings. The minimum atomic E-state index is -0.00133. The number of carbonyl (C=O) groups is 1. The standard InChI is InChI=1S/C17H25N3O3S2/c1-22-15-6-7-16(19-18-15)23-13-8-10-20(12-13)17(21)5-3-2-4-14-9-11-24-25-14/h6-7,13-14H,2-5,8-12H2,1H3. The molecule has 0 spiro atoms. The van der Waals surface area contributed by atoms with Crippen LogP contribution in [0.15, 0.2) is 12.1 Å². The number of unbranched alkanes of at least 4 members (excludes halogenated alkanes) is 1. The van der Waals surface area contributed by atoms with Gasteiger partial charge in [-0.25, -0.2) is 0 Å². The largest absolute Gasteiger partial charge is 0.480 e. The van der Waals surface area contributed by atoms with Gasteiger partial charge in [-0.3, -0.25) is 4.79 Å². The minimum absolute atomic E-state index is 0.00133. The molecule has 3 heterocycles. The van der Waals surface area contributed by atoms with E-state index in [2.05, 4.69) is 10.2 Å². The molecule has 0 radical (unpaired) electrons. The number of amides is 1. The third-order valence-electron chi connectivity index (χ3n) is 4.50. The fraction of sp³-hybridized carbons (Fsp3) is 0.706. The number of aromatic nitrogens is 2. The number of rotatable bonds is 8. The molecular formula is C17H25N3O3S2. The van der Waals surface area contributed by atoms with Crippen molar-refractivity contribution in [2.45, 2.75) is 49.9 Å². The molecule has 0 aliphatic carbocycles. The van der Waals surface area contributed by atoms with E-state index in [0.29, 0.717) is 24.7 Å². The highest BCUT2D eigenvalue weighted by atomic mass is 33.1. The molecule has 0 saturated carbocycles. The van der Waals surface area contributed by atoms with Gasteiger partial charge in [-0.2, -0.15) is 0 Å². The molecule has 138 valence electrons. The molecule has 2 saturated heterocycles. The number of carbonyl (C=O) groups excluding carboxylic acids is 1. The Morgan fingerprint density at radius 2 is 2.12 bits per heavy atom. The van der Waals surface area contributed by atoms with Crippen LogP contribution >= 0.6 is 21.6 Å². The van der Waals surface area contributed by atoms with Crippen LogP contribution in [-0.4, -0.2) is 58.3 Å². The molecule has 2 fully saturated rings. The van der Waals surface area contributed by atoms with Crippen LogP contribution in [0, 0.1) is 0 Å². The lowest BCUT2D eigenvalue weighted by Crippen LogP contribution is -2.30. The van der Waals surface area contributed by atoms with Crippen LogP contribution in [0.4, 0.5) is 0 Å². The second-order valence-electron chi connectivity index (χ2n) is 6.36. The van der Waals surface area contributed by atoms with Crippen molar-refractivity contribution >= 4 is 27.5 Å². The number of nitrogens with zero attached hydrogens (tertiary/aromatic N) is 3. The summed E-state index contributed by atoms with van der Waals surface area (Å²) in [6.07, 6.45) is 6.20. The lowest BCUT2D eigenvalue weighted by molar-refractivity contribution is -0.130. The highest BCUT2D eigenvalue weighted by Gasteiger charge is 2.27. The second-order valence-corrected chi connectivity index (χ2v) is 9.14. The van der Waals surface area contributed by atoms with Crippen LogP contribution in [0.1, 0.15) is 38.5 Å². The van der Waals surface area contributed by atoms with Crippen molar-refractivity contribution in [2.24, 2.45) is 0 Å². The van der Waals surface area contributed by atoms with Gasteiger partial charge in [-0.1, -0.05) is 28.0 Å². The molecule has 0 bridgehead atoms. The lowest BCUT2D eigenvalue weighted by atomic mass is 10.1. The summed E-state index contributed by atoms with van der Waals surface area (Å²) in [7, 11) is 5.55. The van der Waals surface area contributed by atoms with E-state index in [9.17, 15) is 4.79 Å². The average molecular weight is 384 g/mol. The van der Waals surface area contributed by atoms with E-state index >= 15 is 0 Å². The van der Waals surface area contributed by atoms with Crippen LogP contribution in [0.5, 0.6) is 11.8 Å². The zero-order chi connectivity index (χ0) is 17.5. The summed E-state index contributed by atoms with van der Waals surface area (Å²) in [6.45, 7) is 1.41. The molecule has 1 amide bonds. The molecule has 6 nitrogen and oxygen atoms in total. The summed E-state index contributed by atoms with van der Waals surface area (Å²) < 4.78 is 10.8. The third kappa shape index (κ3) is 5.67. The topological polar surface area (TPSA) is 64.6 Å². The van der Waals surface area contributed by atoms with Crippen molar-refractivity contribution in [2.75, 3.05) is 26.0 Å². The average Bonchev–Trinajstić information content (AvgIpc) is 3.31. The smallest absolute Gasteiger partial charge is 0.233 e. The Morgan fingerprint density at radius 3 is 2.84 bits per heavy atom. The van der Waals surface area contributed by atoms with E-state index in [1.54, 1.807) is 19.2 Å². The summed E-state index contributed by atoms with van der Waals surface area (Å²) in [5, 5.41) is 8.67. The van der Waals surface area contributed by atoms with Gasteiger partial charge in [0, 0.05) is 42.5 Å². The number of hydrogen-bond acceptors (Lipinski definition) is 7. The Bertz CT molecular complexity index is 553. The summed E-state index contributed by atoms with van der Waals surface area (Å²) >= 11 is 0. The summed E-state index contributed by atoms with van der Waals surface area (Å²) in [6, 6.07) is 3.47. The fourth-order valence-corrected chi connectivity index (χ4v) is 6.10. The summed E-state index contributed by atoms with van der Waals surface area (Å²) in [5.74, 6) is 2.47. The Morgan fingerprint density at radius 1 is 1.28 bits per heavy atom. The van der Waals surface area contributed by atoms with Gasteiger partial charge in [-0.05, 0) is 19.3 Å². The SMILES string of the molecule is COc1ccc(OC2CCN(C(=O)CCCCC3CCSS3)C2)nn1. The van der Waals surface area contributed by atoms with Gasteiger partial charge in [0.1, 0.15) is 6.10 Å². The molecular weight excluding hydrogens is 358 g/mol. The molecule has 3 rings (SSSR count). The minimum Gasteiger partial charge on any atom is -0.480 e. The van der Waals surface area contributed by atoms with Gasteiger partial charge in [0.25, 0.3) is 0 Å². The molecule has 25 heavy (non-hydrogen) atoms. The van der Waals surface area contributed by atoms with Gasteiger partial charge in [0.05, 0.1) is 13.7 Å². The number of ether oxygens (including phenoxy) is 2. The molecule has 0 aromatic carbocycles. The zero-order valence-corrected chi connectivity index (χ0v) is 16.2. The first-order chi connectivity index (χ1) is 12.2. The van der Waals surface area contributed by atoms with Crippen LogP contribution in [0.3, 0.4) is 0 Å². The fourth-order valence-electron chi connectivity index (χ4n) is 3.07. The molecule has 2 aliphatic heterocycles. The van der Waals surface area contributed by atoms with Crippen molar-refractivity contribution in [3.05, 3.63) is 12.1 Å². The van der Waals surface area contributed by atoms with E-state index in [1.165, 1.54) is 18.6 Å². The Balaban J connectivity index is 1.34. The number of hydrogen-bond donors (Lipinski definition) is 0. The first-order valence-corrected chi connectivity index (χ1v) is 11.2. The maximum absolute atomic E-state index is 12.3. The third-order valence-corrected chi connectivity index (χ3v) is 7.51. The van der Waals surface area contributed by atoms with Gasteiger partial charge in [0.15, 0.2) is 0 Å². The van der Waals surface area contributed by atoms with Crippen LogP contribution in [0.25, 0.3) is 0 Å². The maximum atomic E-state index is 12.3. The monoisotopic (exact) mass is 383 g/mol. The van der Waals surface area contributed by atoms with E-state index < -0.39 is 0 Å². The quantitative estimate of drug-likeness (QED) is 0.504. The van der Waals surface area contributed by atoms with Gasteiger partial charge in [-0.15, -0.1) is 10.2 Å². The number of methoxy groups -OCH3 is 1. The van der Waals surface area contributed by atoms with Crippen molar-refractivity contribution in [3.8, 4) is 11.8 Å². The highest BCUT2D eigenvalue weighted by molar-refractivity contribution is 8.77. The van der Waals surface area contributed by atoms with Gasteiger partial charge >= 0.3 is 0 Å². The molecule has 0 N–H and O–H groups in total. The van der Waals surface area contributed by atoms with Crippen LogP contribution in [0.2, 0.25) is 0 Å². The number of likely N-dealkylation sites (tertiary alicyclic amines) is 1. The normalized spacial score (nSPS) is 23.0. The molecule has 2 atom stereocenters. The van der Waals surface area contributed by atoms with E-state index in [-0.39, 0.29) is 12.0 Å². The second kappa shape index (κ2) is 9.52. The van der Waals surface area contributed by atoms with Crippen molar-refractivity contribution < 1.29 is 14.3 Å². The predicted octanol–water partition coefficient (Wildman–Crippen LogP) is 3.18. The lowest BCUT2D eigenvalue weighted by Gasteiger charge is -2.17. The first-order valence-electron chi connectivity index (χ1n) is 8.85. The zero-order valence-electron chi connectivity index (χ0n) is 14.6. The molecule has 2 unspecified atom stereocenters.